The Morgan fingerprint density at radius 2 is 2.12 bits per heavy atom. The Kier molecular flexibility index (Phi) is 3.68. The van der Waals surface area contributed by atoms with Gasteiger partial charge in [0.15, 0.2) is 0 Å². The first-order valence-corrected chi connectivity index (χ1v) is 9.15. The lowest BCUT2D eigenvalue weighted by Crippen LogP contribution is -2.18. The van der Waals surface area contributed by atoms with Crippen LogP contribution in [0.5, 0.6) is 0 Å². The third-order valence-corrected chi connectivity index (χ3v) is 5.35. The highest BCUT2D eigenvalue weighted by Gasteiger charge is 2.34. The monoisotopic (exact) mass is 386 g/mol. The van der Waals surface area contributed by atoms with Crippen molar-refractivity contribution in [3.05, 3.63) is 30.6 Å². The van der Waals surface area contributed by atoms with E-state index in [0.717, 1.165) is 19.0 Å². The Balaban J connectivity index is 1.69. The minimum absolute atomic E-state index is 0.0338. The molecule has 0 amide bonds. The number of hydrogen-bond donors (Lipinski definition) is 2. The van der Waals surface area contributed by atoms with Gasteiger partial charge in [-0.25, -0.2) is 18.4 Å². The maximum atomic E-state index is 12.7. The molecule has 1 fully saturated rings. The van der Waals surface area contributed by atoms with Crippen LogP contribution in [0.4, 0.5) is 18.9 Å². The molecule has 2 N–H and O–H groups in total. The van der Waals surface area contributed by atoms with Gasteiger partial charge in [-0.1, -0.05) is 0 Å². The van der Waals surface area contributed by atoms with Crippen LogP contribution in [0.1, 0.15) is 24.5 Å². The summed E-state index contributed by atoms with van der Waals surface area (Å²) in [7, 11) is -4.05. The average Bonchev–Trinajstić information content (AvgIpc) is 3.16. The summed E-state index contributed by atoms with van der Waals surface area (Å²) in [6.45, 7) is -1.28. The molecule has 3 aromatic heterocycles. The van der Waals surface area contributed by atoms with Gasteiger partial charge in [0, 0.05) is 24.5 Å². The van der Waals surface area contributed by atoms with Crippen molar-refractivity contribution in [3.63, 3.8) is 0 Å². The SMILES string of the molecule is O=S(=O)(Nc1cn(CC(F)(F)F)nc1C1CC1)c1c[nH]c2ncncc12. The van der Waals surface area contributed by atoms with Crippen molar-refractivity contribution in [2.45, 2.75) is 36.4 Å². The second-order valence-electron chi connectivity index (χ2n) is 6.06. The van der Waals surface area contributed by atoms with Gasteiger partial charge in [-0.05, 0) is 12.8 Å². The molecule has 0 unspecified atom stereocenters. The summed E-state index contributed by atoms with van der Waals surface area (Å²) in [6.07, 6.45) is 2.04. The fraction of sp³-hybridized carbons (Fsp3) is 0.357. The van der Waals surface area contributed by atoms with Crippen LogP contribution in [-0.4, -0.2) is 39.3 Å². The summed E-state index contributed by atoms with van der Waals surface area (Å²) in [5, 5.41) is 4.21. The van der Waals surface area contributed by atoms with Gasteiger partial charge in [0.25, 0.3) is 10.0 Å². The standard InChI is InChI=1S/C14H13F3N6O2S/c15-14(16,17)6-23-5-10(12(21-23)8-1-2-8)22-26(24,25)11-4-19-13-9(11)3-18-7-20-13/h3-5,7-8,22H,1-2,6H2,(H,18,19,20). The van der Waals surface area contributed by atoms with Crippen molar-refractivity contribution < 1.29 is 21.6 Å². The third-order valence-electron chi connectivity index (χ3n) is 3.95. The summed E-state index contributed by atoms with van der Waals surface area (Å²) in [5.74, 6) is -0.0338. The molecular formula is C14H13F3N6O2S. The Morgan fingerprint density at radius 1 is 1.35 bits per heavy atom. The van der Waals surface area contributed by atoms with Gasteiger partial charge in [-0.3, -0.25) is 9.40 Å². The van der Waals surface area contributed by atoms with Gasteiger partial charge in [-0.2, -0.15) is 18.3 Å². The highest BCUT2D eigenvalue weighted by molar-refractivity contribution is 7.93. The molecule has 3 heterocycles. The highest BCUT2D eigenvalue weighted by atomic mass is 32.2. The molecule has 0 radical (unpaired) electrons. The van der Waals surface area contributed by atoms with E-state index >= 15 is 0 Å². The van der Waals surface area contributed by atoms with E-state index < -0.39 is 22.7 Å². The number of alkyl halides is 3. The lowest BCUT2D eigenvalue weighted by Gasteiger charge is -2.06. The number of anilines is 1. The molecule has 1 saturated carbocycles. The van der Waals surface area contributed by atoms with Crippen LogP contribution in [0.25, 0.3) is 11.0 Å². The van der Waals surface area contributed by atoms with Crippen LogP contribution in [-0.2, 0) is 16.6 Å². The predicted octanol–water partition coefficient (Wildman–Crippen LogP) is 2.39. The van der Waals surface area contributed by atoms with Crippen LogP contribution in [0.3, 0.4) is 0 Å². The van der Waals surface area contributed by atoms with Gasteiger partial charge in [0.1, 0.15) is 23.4 Å². The lowest BCUT2D eigenvalue weighted by atomic mass is 10.3. The van der Waals surface area contributed by atoms with Crippen molar-refractivity contribution in [2.24, 2.45) is 0 Å². The molecular weight excluding hydrogens is 373 g/mol. The molecule has 1 aliphatic carbocycles. The van der Waals surface area contributed by atoms with Crippen LogP contribution >= 0.6 is 0 Å². The fourth-order valence-electron chi connectivity index (χ4n) is 2.70. The van der Waals surface area contributed by atoms with E-state index in [2.05, 4.69) is 24.8 Å². The number of aromatic amines is 1. The summed E-state index contributed by atoms with van der Waals surface area (Å²) >= 11 is 0. The molecule has 0 saturated heterocycles. The number of H-pyrrole nitrogens is 1. The van der Waals surface area contributed by atoms with Crippen molar-refractivity contribution >= 4 is 26.7 Å². The van der Waals surface area contributed by atoms with Gasteiger partial charge in [0.2, 0.25) is 0 Å². The number of nitrogens with zero attached hydrogens (tertiary/aromatic N) is 4. The minimum Gasteiger partial charge on any atom is -0.345 e. The van der Waals surface area contributed by atoms with Gasteiger partial charge < -0.3 is 4.98 Å². The number of aromatic nitrogens is 5. The number of sulfonamides is 1. The molecule has 0 bridgehead atoms. The normalized spacial score (nSPS) is 15.5. The van der Waals surface area contributed by atoms with Crippen molar-refractivity contribution in [1.29, 1.82) is 0 Å². The molecule has 26 heavy (non-hydrogen) atoms. The molecule has 138 valence electrons. The van der Waals surface area contributed by atoms with Gasteiger partial charge >= 0.3 is 6.18 Å². The summed E-state index contributed by atoms with van der Waals surface area (Å²) in [5.41, 5.74) is 0.729. The van der Waals surface area contributed by atoms with Crippen molar-refractivity contribution in [3.8, 4) is 0 Å². The zero-order chi connectivity index (χ0) is 18.5. The quantitative estimate of drug-likeness (QED) is 0.700. The van der Waals surface area contributed by atoms with Crippen molar-refractivity contribution in [1.82, 2.24) is 24.7 Å². The highest BCUT2D eigenvalue weighted by Crippen LogP contribution is 2.43. The van der Waals surface area contributed by atoms with Gasteiger partial charge in [0.05, 0.1) is 16.8 Å². The smallest absolute Gasteiger partial charge is 0.345 e. The first-order chi connectivity index (χ1) is 12.2. The Hall–Kier alpha value is -2.63. The molecule has 1 aliphatic rings. The maximum Gasteiger partial charge on any atom is 0.408 e. The Morgan fingerprint density at radius 3 is 2.81 bits per heavy atom. The summed E-state index contributed by atoms with van der Waals surface area (Å²) in [6, 6.07) is 0. The van der Waals surface area contributed by atoms with E-state index in [1.165, 1.54) is 18.7 Å². The molecule has 0 spiro atoms. The van der Waals surface area contributed by atoms with E-state index in [1.807, 2.05) is 0 Å². The molecule has 4 rings (SSSR count). The number of nitrogens with one attached hydrogen (secondary N) is 2. The van der Waals surface area contributed by atoms with E-state index in [9.17, 15) is 21.6 Å². The van der Waals surface area contributed by atoms with Crippen LogP contribution in [0.15, 0.2) is 29.8 Å². The molecule has 0 aliphatic heterocycles. The molecule has 12 heteroatoms. The Bertz CT molecular complexity index is 1070. The predicted molar refractivity (Wildman–Crippen MR) is 85.0 cm³/mol. The largest absolute Gasteiger partial charge is 0.408 e. The topological polar surface area (TPSA) is 106 Å². The summed E-state index contributed by atoms with van der Waals surface area (Å²) < 4.78 is 66.4. The first-order valence-electron chi connectivity index (χ1n) is 7.67. The zero-order valence-electron chi connectivity index (χ0n) is 13.2. The van der Waals surface area contributed by atoms with Crippen LogP contribution in [0.2, 0.25) is 0 Å². The summed E-state index contributed by atoms with van der Waals surface area (Å²) in [4.78, 5) is 10.4. The number of fused-ring (bicyclic) bond motifs is 1. The van der Waals surface area contributed by atoms with Gasteiger partial charge in [-0.15, -0.1) is 0 Å². The third kappa shape index (κ3) is 3.23. The van der Waals surface area contributed by atoms with E-state index in [4.69, 9.17) is 0 Å². The second kappa shape index (κ2) is 5.69. The zero-order valence-corrected chi connectivity index (χ0v) is 14.0. The fourth-order valence-corrected chi connectivity index (χ4v) is 3.91. The number of halogens is 3. The van der Waals surface area contributed by atoms with Crippen LogP contribution < -0.4 is 4.72 Å². The molecule has 0 atom stereocenters. The first kappa shape index (κ1) is 16.8. The molecule has 3 aromatic rings. The molecule has 8 nitrogen and oxygen atoms in total. The Labute approximate surface area is 145 Å². The van der Waals surface area contributed by atoms with E-state index in [-0.39, 0.29) is 21.9 Å². The number of hydrogen-bond acceptors (Lipinski definition) is 5. The lowest BCUT2D eigenvalue weighted by molar-refractivity contribution is -0.142. The average molecular weight is 386 g/mol. The van der Waals surface area contributed by atoms with Crippen molar-refractivity contribution in [2.75, 3.05) is 4.72 Å². The number of rotatable bonds is 5. The van der Waals surface area contributed by atoms with Crippen LogP contribution in [0, 0.1) is 0 Å². The van der Waals surface area contributed by atoms with E-state index in [0.29, 0.717) is 16.0 Å². The second-order valence-corrected chi connectivity index (χ2v) is 7.71. The maximum absolute atomic E-state index is 12.7. The minimum atomic E-state index is -4.45. The van der Waals surface area contributed by atoms with E-state index in [1.54, 1.807) is 0 Å². The molecule has 0 aromatic carbocycles.